The van der Waals surface area contributed by atoms with Crippen LogP contribution in [0, 0.1) is 0 Å². The zero-order valence-electron chi connectivity index (χ0n) is 14.6. The van der Waals surface area contributed by atoms with E-state index in [1.807, 2.05) is 43.6 Å². The zero-order valence-corrected chi connectivity index (χ0v) is 14.6. The van der Waals surface area contributed by atoms with Crippen LogP contribution in [0.3, 0.4) is 0 Å². The molecule has 1 atom stereocenters. The van der Waals surface area contributed by atoms with Gasteiger partial charge in [0.1, 0.15) is 0 Å². The molecule has 2 amide bonds. The van der Waals surface area contributed by atoms with E-state index in [9.17, 15) is 4.79 Å². The lowest BCUT2D eigenvalue weighted by Gasteiger charge is -2.28. The van der Waals surface area contributed by atoms with Crippen molar-refractivity contribution in [2.75, 3.05) is 12.4 Å². The van der Waals surface area contributed by atoms with Gasteiger partial charge in [-0.15, -0.1) is 0 Å². The zero-order chi connectivity index (χ0) is 17.6. The summed E-state index contributed by atoms with van der Waals surface area (Å²) in [7, 11) is 1.83. The standard InChI is InChI=1S/C19H23N5O/c1-3-4-7-18(14-6-5-10-20-12-14)24(2)19(25)22-16-8-9-17-15(11-16)13-21-23-17/h5-6,8-13,18H,3-4,7H2,1-2H3,(H,21,23)(H,22,25)/t18-/m0/s1. The lowest BCUT2D eigenvalue weighted by Crippen LogP contribution is -2.35. The van der Waals surface area contributed by atoms with Crippen molar-refractivity contribution in [3.05, 3.63) is 54.5 Å². The minimum absolute atomic E-state index is 0.00584. The number of H-pyrrole nitrogens is 1. The highest BCUT2D eigenvalue weighted by Crippen LogP contribution is 2.26. The smallest absolute Gasteiger partial charge is 0.320 e. The largest absolute Gasteiger partial charge is 0.322 e. The monoisotopic (exact) mass is 337 g/mol. The van der Waals surface area contributed by atoms with Crippen molar-refractivity contribution in [2.24, 2.45) is 0 Å². The highest BCUT2D eigenvalue weighted by atomic mass is 16.2. The van der Waals surface area contributed by atoms with Crippen molar-refractivity contribution < 1.29 is 4.79 Å². The Hall–Kier alpha value is -2.89. The molecule has 0 aliphatic carbocycles. The molecule has 6 heteroatoms. The SMILES string of the molecule is CCCC[C@@H](c1cccnc1)N(C)C(=O)Nc1ccc2[nH]ncc2c1. The van der Waals surface area contributed by atoms with E-state index in [1.54, 1.807) is 17.3 Å². The average Bonchev–Trinajstić information content (AvgIpc) is 3.10. The Morgan fingerprint density at radius 3 is 2.96 bits per heavy atom. The molecule has 2 N–H and O–H groups in total. The summed E-state index contributed by atoms with van der Waals surface area (Å²) in [6.07, 6.45) is 8.38. The minimum Gasteiger partial charge on any atom is -0.320 e. The number of aromatic amines is 1. The van der Waals surface area contributed by atoms with Crippen LogP contribution in [0.5, 0.6) is 0 Å². The fourth-order valence-corrected chi connectivity index (χ4v) is 2.93. The number of hydrogen-bond donors (Lipinski definition) is 2. The number of pyridine rings is 1. The number of rotatable bonds is 6. The lowest BCUT2D eigenvalue weighted by atomic mass is 10.0. The fraction of sp³-hybridized carbons (Fsp3) is 0.316. The van der Waals surface area contributed by atoms with E-state index < -0.39 is 0 Å². The number of nitrogens with zero attached hydrogens (tertiary/aromatic N) is 3. The molecule has 2 aromatic heterocycles. The van der Waals surface area contributed by atoms with Crippen molar-refractivity contribution in [2.45, 2.75) is 32.2 Å². The van der Waals surface area contributed by atoms with Crippen molar-refractivity contribution in [3.8, 4) is 0 Å². The molecule has 0 radical (unpaired) electrons. The summed E-state index contributed by atoms with van der Waals surface area (Å²) in [5.41, 5.74) is 2.76. The fourth-order valence-electron chi connectivity index (χ4n) is 2.93. The molecule has 6 nitrogen and oxygen atoms in total. The normalized spacial score (nSPS) is 12.1. The summed E-state index contributed by atoms with van der Waals surface area (Å²) in [6.45, 7) is 2.15. The number of aromatic nitrogens is 3. The Kier molecular flexibility index (Phi) is 5.28. The van der Waals surface area contributed by atoms with E-state index in [0.29, 0.717) is 0 Å². The number of hydrogen-bond acceptors (Lipinski definition) is 3. The van der Waals surface area contributed by atoms with E-state index in [4.69, 9.17) is 0 Å². The van der Waals surface area contributed by atoms with Crippen LogP contribution in [0.2, 0.25) is 0 Å². The topological polar surface area (TPSA) is 73.9 Å². The Balaban J connectivity index is 1.75. The van der Waals surface area contributed by atoms with Gasteiger partial charge in [-0.2, -0.15) is 5.10 Å². The molecule has 0 fully saturated rings. The maximum atomic E-state index is 12.7. The highest BCUT2D eigenvalue weighted by Gasteiger charge is 2.21. The predicted molar refractivity (Wildman–Crippen MR) is 99.4 cm³/mol. The molecule has 3 aromatic rings. The number of fused-ring (bicyclic) bond motifs is 1. The first kappa shape index (κ1) is 17.0. The third-order valence-corrected chi connectivity index (χ3v) is 4.38. The van der Waals surface area contributed by atoms with Crippen LogP contribution in [0.4, 0.5) is 10.5 Å². The number of nitrogens with one attached hydrogen (secondary N) is 2. The van der Waals surface area contributed by atoms with E-state index >= 15 is 0 Å². The third kappa shape index (κ3) is 3.96. The number of carbonyl (C=O) groups is 1. The number of amides is 2. The van der Waals surface area contributed by atoms with Crippen molar-refractivity contribution in [1.29, 1.82) is 0 Å². The molecule has 2 heterocycles. The molecule has 25 heavy (non-hydrogen) atoms. The lowest BCUT2D eigenvalue weighted by molar-refractivity contribution is 0.200. The summed E-state index contributed by atoms with van der Waals surface area (Å²) < 4.78 is 0. The van der Waals surface area contributed by atoms with Crippen LogP contribution in [-0.4, -0.2) is 33.2 Å². The molecular formula is C19H23N5O. The second-order valence-electron chi connectivity index (χ2n) is 6.16. The van der Waals surface area contributed by atoms with E-state index in [-0.39, 0.29) is 12.1 Å². The molecule has 1 aromatic carbocycles. The van der Waals surface area contributed by atoms with Gasteiger partial charge in [0, 0.05) is 30.5 Å². The summed E-state index contributed by atoms with van der Waals surface area (Å²) in [5, 5.41) is 10.9. The first-order chi connectivity index (χ1) is 12.2. The molecular weight excluding hydrogens is 314 g/mol. The predicted octanol–water partition coefficient (Wildman–Crippen LogP) is 4.35. The summed E-state index contributed by atoms with van der Waals surface area (Å²) in [5.74, 6) is 0. The van der Waals surface area contributed by atoms with Gasteiger partial charge in [-0.3, -0.25) is 10.1 Å². The van der Waals surface area contributed by atoms with Crippen LogP contribution in [0.25, 0.3) is 10.9 Å². The Labute approximate surface area is 147 Å². The van der Waals surface area contributed by atoms with Gasteiger partial charge in [0.05, 0.1) is 17.8 Å². The van der Waals surface area contributed by atoms with Gasteiger partial charge in [-0.1, -0.05) is 25.8 Å². The number of urea groups is 1. The summed E-state index contributed by atoms with van der Waals surface area (Å²) in [4.78, 5) is 18.7. The number of unbranched alkanes of at least 4 members (excludes halogenated alkanes) is 1. The van der Waals surface area contributed by atoms with Crippen LogP contribution in [0.1, 0.15) is 37.8 Å². The summed E-state index contributed by atoms with van der Waals surface area (Å²) >= 11 is 0. The molecule has 3 rings (SSSR count). The number of carbonyl (C=O) groups excluding carboxylic acids is 1. The maximum absolute atomic E-state index is 12.7. The molecule has 0 saturated carbocycles. The van der Waals surface area contributed by atoms with Crippen molar-refractivity contribution in [1.82, 2.24) is 20.1 Å². The van der Waals surface area contributed by atoms with Gasteiger partial charge >= 0.3 is 6.03 Å². The van der Waals surface area contributed by atoms with Gasteiger partial charge in [0.25, 0.3) is 0 Å². The van der Waals surface area contributed by atoms with Gasteiger partial charge < -0.3 is 10.2 Å². The van der Waals surface area contributed by atoms with Gasteiger partial charge in [-0.05, 0) is 36.2 Å². The van der Waals surface area contributed by atoms with Crippen molar-refractivity contribution in [3.63, 3.8) is 0 Å². The molecule has 0 unspecified atom stereocenters. The summed E-state index contributed by atoms with van der Waals surface area (Å²) in [6, 6.07) is 9.50. The van der Waals surface area contributed by atoms with Crippen molar-refractivity contribution >= 4 is 22.6 Å². The molecule has 0 aliphatic heterocycles. The highest BCUT2D eigenvalue weighted by molar-refractivity contribution is 5.92. The molecule has 0 spiro atoms. The first-order valence-corrected chi connectivity index (χ1v) is 8.56. The molecule has 0 aliphatic rings. The van der Waals surface area contributed by atoms with Crippen LogP contribution < -0.4 is 5.32 Å². The Morgan fingerprint density at radius 1 is 1.32 bits per heavy atom. The quantitative estimate of drug-likeness (QED) is 0.702. The second-order valence-corrected chi connectivity index (χ2v) is 6.16. The number of benzene rings is 1. The molecule has 130 valence electrons. The Bertz CT molecular complexity index is 830. The van der Waals surface area contributed by atoms with Gasteiger partial charge in [0.2, 0.25) is 0 Å². The first-order valence-electron chi connectivity index (χ1n) is 8.56. The van der Waals surface area contributed by atoms with E-state index in [1.165, 1.54) is 0 Å². The Morgan fingerprint density at radius 2 is 2.20 bits per heavy atom. The maximum Gasteiger partial charge on any atom is 0.322 e. The molecule has 0 saturated heterocycles. The van der Waals surface area contributed by atoms with E-state index in [2.05, 4.69) is 27.4 Å². The molecule has 0 bridgehead atoms. The average molecular weight is 337 g/mol. The van der Waals surface area contributed by atoms with Crippen LogP contribution in [-0.2, 0) is 0 Å². The number of anilines is 1. The van der Waals surface area contributed by atoms with E-state index in [0.717, 1.165) is 41.4 Å². The van der Waals surface area contributed by atoms with Crippen LogP contribution >= 0.6 is 0 Å². The van der Waals surface area contributed by atoms with Gasteiger partial charge in [0.15, 0.2) is 0 Å². The van der Waals surface area contributed by atoms with Gasteiger partial charge in [-0.25, -0.2) is 4.79 Å². The third-order valence-electron chi connectivity index (χ3n) is 4.38. The second kappa shape index (κ2) is 7.79. The minimum atomic E-state index is -0.132. The van der Waals surface area contributed by atoms with Crippen LogP contribution in [0.15, 0.2) is 48.9 Å².